The van der Waals surface area contributed by atoms with Gasteiger partial charge in [-0.05, 0) is 38.8 Å². The lowest BCUT2D eigenvalue weighted by Gasteiger charge is -2.25. The van der Waals surface area contributed by atoms with Gasteiger partial charge in [0.05, 0.1) is 18.2 Å². The standard InChI is InChI=1S/C15H21F2NO/c1-3-9-18-15(13-8-7-10(2)19-13)11-5-4-6-12(16)14(11)17/h4-6,10,13,15,18H,3,7-9H2,1-2H3. The quantitative estimate of drug-likeness (QED) is 0.882. The number of hydrogen-bond donors (Lipinski definition) is 1. The normalized spacial score (nSPS) is 24.6. The molecule has 0 aliphatic carbocycles. The minimum absolute atomic E-state index is 0.0853. The molecule has 0 radical (unpaired) electrons. The second-order valence-corrected chi connectivity index (χ2v) is 5.14. The fourth-order valence-corrected chi connectivity index (χ4v) is 2.58. The molecule has 0 saturated carbocycles. The van der Waals surface area contributed by atoms with Gasteiger partial charge in [-0.2, -0.15) is 0 Å². The Hall–Kier alpha value is -1.00. The Kier molecular flexibility index (Phi) is 4.88. The van der Waals surface area contributed by atoms with Crippen LogP contribution >= 0.6 is 0 Å². The maximum absolute atomic E-state index is 14.0. The summed E-state index contributed by atoms with van der Waals surface area (Å²) in [6, 6.07) is 4.05. The van der Waals surface area contributed by atoms with Crippen molar-refractivity contribution in [2.45, 2.75) is 51.4 Å². The zero-order chi connectivity index (χ0) is 13.8. The Morgan fingerprint density at radius 1 is 1.37 bits per heavy atom. The molecule has 1 aromatic rings. The average Bonchev–Trinajstić information content (AvgIpc) is 2.81. The van der Waals surface area contributed by atoms with E-state index in [-0.39, 0.29) is 18.2 Å². The fourth-order valence-electron chi connectivity index (χ4n) is 2.58. The molecule has 3 unspecified atom stereocenters. The third-order valence-corrected chi connectivity index (χ3v) is 3.57. The topological polar surface area (TPSA) is 21.3 Å². The summed E-state index contributed by atoms with van der Waals surface area (Å²) in [5, 5.41) is 3.28. The monoisotopic (exact) mass is 269 g/mol. The number of halogens is 2. The Morgan fingerprint density at radius 2 is 2.16 bits per heavy atom. The number of ether oxygens (including phenoxy) is 1. The molecule has 2 nitrogen and oxygen atoms in total. The molecule has 1 aliphatic heterocycles. The summed E-state index contributed by atoms with van der Waals surface area (Å²) in [5.74, 6) is -1.56. The number of benzene rings is 1. The van der Waals surface area contributed by atoms with E-state index in [1.165, 1.54) is 0 Å². The predicted molar refractivity (Wildman–Crippen MR) is 71.0 cm³/mol. The number of hydrogen-bond acceptors (Lipinski definition) is 2. The average molecular weight is 269 g/mol. The molecule has 0 amide bonds. The van der Waals surface area contributed by atoms with Crippen molar-refractivity contribution < 1.29 is 13.5 Å². The Morgan fingerprint density at radius 3 is 2.79 bits per heavy atom. The molecular weight excluding hydrogens is 248 g/mol. The van der Waals surface area contributed by atoms with Crippen LogP contribution in [0.2, 0.25) is 0 Å². The van der Waals surface area contributed by atoms with Gasteiger partial charge < -0.3 is 10.1 Å². The lowest BCUT2D eigenvalue weighted by atomic mass is 9.98. The van der Waals surface area contributed by atoms with Crippen LogP contribution in [-0.4, -0.2) is 18.8 Å². The highest BCUT2D eigenvalue weighted by atomic mass is 19.2. The highest BCUT2D eigenvalue weighted by Gasteiger charge is 2.32. The van der Waals surface area contributed by atoms with Crippen molar-refractivity contribution in [3.8, 4) is 0 Å². The van der Waals surface area contributed by atoms with Crippen LogP contribution in [0.3, 0.4) is 0 Å². The first-order valence-corrected chi connectivity index (χ1v) is 6.96. The van der Waals surface area contributed by atoms with Crippen LogP contribution in [0.25, 0.3) is 0 Å². The molecule has 0 spiro atoms. The molecule has 0 aromatic heterocycles. The maximum Gasteiger partial charge on any atom is 0.163 e. The summed E-state index contributed by atoms with van der Waals surface area (Å²) in [7, 11) is 0. The van der Waals surface area contributed by atoms with E-state index < -0.39 is 11.6 Å². The number of rotatable bonds is 5. The van der Waals surface area contributed by atoms with Crippen LogP contribution in [0.4, 0.5) is 8.78 Å². The van der Waals surface area contributed by atoms with Crippen LogP contribution in [0.5, 0.6) is 0 Å². The van der Waals surface area contributed by atoms with E-state index >= 15 is 0 Å². The Balaban J connectivity index is 2.23. The molecule has 1 fully saturated rings. The molecule has 1 heterocycles. The van der Waals surface area contributed by atoms with Crippen molar-refractivity contribution in [3.63, 3.8) is 0 Å². The van der Waals surface area contributed by atoms with E-state index in [0.29, 0.717) is 5.56 Å². The largest absolute Gasteiger partial charge is 0.373 e. The summed E-state index contributed by atoms with van der Waals surface area (Å²) in [4.78, 5) is 0. The molecule has 1 saturated heterocycles. The summed E-state index contributed by atoms with van der Waals surface area (Å²) in [6.07, 6.45) is 2.88. The van der Waals surface area contributed by atoms with Crippen molar-refractivity contribution in [2.75, 3.05) is 6.54 Å². The highest BCUT2D eigenvalue weighted by Crippen LogP contribution is 2.31. The second-order valence-electron chi connectivity index (χ2n) is 5.14. The molecule has 1 aromatic carbocycles. The van der Waals surface area contributed by atoms with Crippen molar-refractivity contribution in [1.82, 2.24) is 5.32 Å². The lowest BCUT2D eigenvalue weighted by molar-refractivity contribution is 0.0307. The van der Waals surface area contributed by atoms with E-state index in [9.17, 15) is 8.78 Å². The number of nitrogens with one attached hydrogen (secondary N) is 1. The van der Waals surface area contributed by atoms with E-state index in [4.69, 9.17) is 4.74 Å². The van der Waals surface area contributed by atoms with Gasteiger partial charge >= 0.3 is 0 Å². The van der Waals surface area contributed by atoms with Crippen LogP contribution in [0.15, 0.2) is 18.2 Å². The first-order valence-electron chi connectivity index (χ1n) is 6.96. The minimum atomic E-state index is -0.799. The predicted octanol–water partition coefficient (Wildman–Crippen LogP) is 3.57. The fraction of sp³-hybridized carbons (Fsp3) is 0.600. The third kappa shape index (κ3) is 3.31. The van der Waals surface area contributed by atoms with Crippen LogP contribution in [-0.2, 0) is 4.74 Å². The van der Waals surface area contributed by atoms with Gasteiger partial charge in [0.1, 0.15) is 0 Å². The third-order valence-electron chi connectivity index (χ3n) is 3.57. The van der Waals surface area contributed by atoms with Crippen LogP contribution in [0, 0.1) is 11.6 Å². The van der Waals surface area contributed by atoms with Crippen molar-refractivity contribution in [3.05, 3.63) is 35.4 Å². The molecule has 1 aliphatic rings. The Bertz CT molecular complexity index is 425. The molecule has 19 heavy (non-hydrogen) atoms. The van der Waals surface area contributed by atoms with Crippen molar-refractivity contribution in [2.24, 2.45) is 0 Å². The summed E-state index contributed by atoms with van der Waals surface area (Å²) >= 11 is 0. The van der Waals surface area contributed by atoms with Gasteiger partial charge in [0.2, 0.25) is 0 Å². The van der Waals surface area contributed by atoms with Crippen LogP contribution < -0.4 is 5.32 Å². The van der Waals surface area contributed by atoms with Gasteiger partial charge in [-0.3, -0.25) is 0 Å². The molecule has 1 N–H and O–H groups in total. The van der Waals surface area contributed by atoms with Crippen molar-refractivity contribution in [1.29, 1.82) is 0 Å². The van der Waals surface area contributed by atoms with Crippen LogP contribution in [0.1, 0.15) is 44.7 Å². The van der Waals surface area contributed by atoms with Gasteiger partial charge in [-0.1, -0.05) is 19.1 Å². The lowest BCUT2D eigenvalue weighted by Crippen LogP contribution is -2.33. The van der Waals surface area contributed by atoms with Crippen molar-refractivity contribution >= 4 is 0 Å². The Labute approximate surface area is 113 Å². The minimum Gasteiger partial charge on any atom is -0.373 e. The first kappa shape index (κ1) is 14.4. The highest BCUT2D eigenvalue weighted by molar-refractivity contribution is 5.24. The van der Waals surface area contributed by atoms with E-state index in [1.807, 2.05) is 13.8 Å². The zero-order valence-electron chi connectivity index (χ0n) is 11.5. The first-order chi connectivity index (χ1) is 9.13. The summed E-state index contributed by atoms with van der Waals surface area (Å²) < 4.78 is 33.2. The van der Waals surface area contributed by atoms with Gasteiger partial charge in [-0.25, -0.2) is 8.78 Å². The molecule has 4 heteroatoms. The molecule has 2 rings (SSSR count). The van der Waals surface area contributed by atoms with E-state index in [2.05, 4.69) is 5.32 Å². The smallest absolute Gasteiger partial charge is 0.163 e. The molecule has 3 atom stereocenters. The molecule has 0 bridgehead atoms. The van der Waals surface area contributed by atoms with Gasteiger partial charge in [0, 0.05) is 5.56 Å². The van der Waals surface area contributed by atoms with Gasteiger partial charge in [0.15, 0.2) is 11.6 Å². The van der Waals surface area contributed by atoms with Gasteiger partial charge in [-0.15, -0.1) is 0 Å². The SMILES string of the molecule is CCCNC(c1cccc(F)c1F)C1CCC(C)O1. The van der Waals surface area contributed by atoms with E-state index in [0.717, 1.165) is 31.9 Å². The van der Waals surface area contributed by atoms with E-state index in [1.54, 1.807) is 12.1 Å². The summed E-state index contributed by atoms with van der Waals surface area (Å²) in [5.41, 5.74) is 0.368. The van der Waals surface area contributed by atoms with Gasteiger partial charge in [0.25, 0.3) is 0 Å². The summed E-state index contributed by atoms with van der Waals surface area (Å²) in [6.45, 7) is 4.82. The zero-order valence-corrected chi connectivity index (χ0v) is 11.5. The molecule has 106 valence electrons. The maximum atomic E-state index is 14.0. The molecular formula is C15H21F2NO. The second kappa shape index (κ2) is 6.44.